The zero-order chi connectivity index (χ0) is 17.7. The van der Waals surface area contributed by atoms with E-state index in [2.05, 4.69) is 21.3 Å². The predicted octanol–water partition coefficient (Wildman–Crippen LogP) is 5.15. The lowest BCUT2D eigenvalue weighted by atomic mass is 10.1. The maximum absolute atomic E-state index is 11.5. The number of pyridine rings is 1. The van der Waals surface area contributed by atoms with Crippen molar-refractivity contribution in [1.82, 2.24) is 4.98 Å². The molecule has 0 spiro atoms. The van der Waals surface area contributed by atoms with Gasteiger partial charge in [-0.3, -0.25) is 4.79 Å². The third-order valence-electron chi connectivity index (χ3n) is 3.29. The van der Waals surface area contributed by atoms with Crippen LogP contribution in [0, 0.1) is 32.1 Å². The number of nitriles is 1. The first-order chi connectivity index (χ1) is 11.5. The van der Waals surface area contributed by atoms with Crippen molar-refractivity contribution in [2.75, 3.05) is 5.88 Å². The number of nitrogens with zero attached hydrogens (tertiary/aromatic N) is 4. The van der Waals surface area contributed by atoms with Gasteiger partial charge in [-0.2, -0.15) is 10.4 Å². The van der Waals surface area contributed by atoms with E-state index in [0.717, 1.165) is 17.3 Å². The van der Waals surface area contributed by atoms with E-state index < -0.39 is 0 Å². The van der Waals surface area contributed by atoms with E-state index in [1.54, 1.807) is 13.8 Å². The minimum Gasteiger partial charge on any atom is -0.285 e. The molecule has 5 nitrogen and oxygen atoms in total. The number of alkyl halides is 1. The quantitative estimate of drug-likeness (QED) is 0.430. The fourth-order valence-corrected chi connectivity index (χ4v) is 2.94. The Kier molecular flexibility index (Phi) is 6.07. The van der Waals surface area contributed by atoms with Crippen molar-refractivity contribution in [2.24, 2.45) is 10.2 Å². The summed E-state index contributed by atoms with van der Waals surface area (Å²) in [4.78, 5) is 15.9. The lowest BCUT2D eigenvalue weighted by molar-refractivity contribution is -0.108. The number of carbonyl (C=O) groups excluding carboxylic acids is 1. The van der Waals surface area contributed by atoms with Crippen LogP contribution in [0.2, 0.25) is 0 Å². The Bertz CT molecular complexity index is 841. The zero-order valence-electron chi connectivity index (χ0n) is 13.5. The second kappa shape index (κ2) is 8.04. The van der Waals surface area contributed by atoms with Gasteiger partial charge in [-0.1, -0.05) is 17.7 Å². The number of benzene rings is 1. The van der Waals surface area contributed by atoms with Crippen molar-refractivity contribution in [1.29, 1.82) is 5.26 Å². The molecule has 2 rings (SSSR count). The Morgan fingerprint density at radius 1 is 1.25 bits per heavy atom. The molecular formula is C17H15ClN4OS. The van der Waals surface area contributed by atoms with Gasteiger partial charge in [0, 0.05) is 0 Å². The first kappa shape index (κ1) is 18.1. The molecule has 1 aromatic heterocycles. The second-order valence-electron chi connectivity index (χ2n) is 5.11. The highest BCUT2D eigenvalue weighted by atomic mass is 35.5. The van der Waals surface area contributed by atoms with Crippen LogP contribution in [0.25, 0.3) is 0 Å². The third-order valence-corrected chi connectivity index (χ3v) is 4.55. The van der Waals surface area contributed by atoms with Gasteiger partial charge in [0.25, 0.3) is 0 Å². The van der Waals surface area contributed by atoms with Crippen LogP contribution in [0.15, 0.2) is 39.5 Å². The van der Waals surface area contributed by atoms with Gasteiger partial charge in [-0.05, 0) is 50.2 Å². The van der Waals surface area contributed by atoms with E-state index in [0.29, 0.717) is 33.2 Å². The maximum Gasteiger partial charge on any atom is 0.209 e. The summed E-state index contributed by atoms with van der Waals surface area (Å²) in [5.74, 6) is -0.135. The summed E-state index contributed by atoms with van der Waals surface area (Å²) in [6, 6.07) is 9.72. The smallest absolute Gasteiger partial charge is 0.209 e. The Morgan fingerprint density at radius 2 is 1.92 bits per heavy atom. The molecule has 0 fully saturated rings. The summed E-state index contributed by atoms with van der Waals surface area (Å²) in [6.07, 6.45) is 0. The highest BCUT2D eigenvalue weighted by Crippen LogP contribution is 2.33. The Labute approximate surface area is 149 Å². The molecule has 0 aliphatic heterocycles. The van der Waals surface area contributed by atoms with Crippen LogP contribution in [0.3, 0.4) is 0 Å². The van der Waals surface area contributed by atoms with Crippen molar-refractivity contribution in [3.63, 3.8) is 0 Å². The average molecular weight is 359 g/mol. The number of aromatic nitrogens is 1. The number of hydrogen-bond donors (Lipinski definition) is 0. The second-order valence-corrected chi connectivity index (χ2v) is 6.42. The fraction of sp³-hybridized carbons (Fsp3) is 0.235. The van der Waals surface area contributed by atoms with Crippen LogP contribution in [0.5, 0.6) is 0 Å². The number of azo groups is 1. The van der Waals surface area contributed by atoms with E-state index in [-0.39, 0.29) is 11.0 Å². The van der Waals surface area contributed by atoms with Gasteiger partial charge in [-0.15, -0.1) is 16.7 Å². The summed E-state index contributed by atoms with van der Waals surface area (Å²) >= 11 is 6.39. The number of hydrogen-bond acceptors (Lipinski definition) is 6. The molecule has 0 bridgehead atoms. The van der Waals surface area contributed by atoms with Crippen LogP contribution >= 0.6 is 23.4 Å². The lowest BCUT2D eigenvalue weighted by Gasteiger charge is -2.09. The molecule has 0 aliphatic rings. The summed E-state index contributed by atoms with van der Waals surface area (Å²) in [5, 5.41) is 17.9. The van der Waals surface area contributed by atoms with Gasteiger partial charge in [0.2, 0.25) is 5.12 Å². The molecule has 0 radical (unpaired) electrons. The number of carbonyl (C=O) groups is 1. The normalized spacial score (nSPS) is 10.8. The van der Waals surface area contributed by atoms with Gasteiger partial charge in [0.1, 0.15) is 16.8 Å². The van der Waals surface area contributed by atoms with Gasteiger partial charge in [-0.25, -0.2) is 4.98 Å². The first-order valence-electron chi connectivity index (χ1n) is 7.12. The summed E-state index contributed by atoms with van der Waals surface area (Å²) in [5.41, 5.74) is 3.96. The SMILES string of the molecule is Cc1ccc(N=Nc2c(C)nc(SC(=O)CCl)c(C#N)c2C)cc1. The highest BCUT2D eigenvalue weighted by Gasteiger charge is 2.17. The van der Waals surface area contributed by atoms with Crippen LogP contribution in [0.1, 0.15) is 22.4 Å². The first-order valence-corrected chi connectivity index (χ1v) is 8.47. The molecule has 0 saturated heterocycles. The van der Waals surface area contributed by atoms with E-state index in [1.165, 1.54) is 0 Å². The molecule has 7 heteroatoms. The fourth-order valence-electron chi connectivity index (χ4n) is 2.02. The molecule has 2 aromatic rings. The molecule has 1 aromatic carbocycles. The molecule has 24 heavy (non-hydrogen) atoms. The molecule has 0 saturated carbocycles. The van der Waals surface area contributed by atoms with Crippen molar-refractivity contribution < 1.29 is 4.79 Å². The van der Waals surface area contributed by atoms with Crippen LogP contribution in [-0.2, 0) is 4.79 Å². The molecule has 0 N–H and O–H groups in total. The molecule has 122 valence electrons. The van der Waals surface area contributed by atoms with E-state index in [1.807, 2.05) is 31.2 Å². The molecule has 0 atom stereocenters. The van der Waals surface area contributed by atoms with Gasteiger partial charge in [0.05, 0.1) is 22.8 Å². The average Bonchev–Trinajstić information content (AvgIpc) is 2.56. The monoisotopic (exact) mass is 358 g/mol. The number of rotatable bonds is 4. The maximum atomic E-state index is 11.5. The van der Waals surface area contributed by atoms with Crippen molar-refractivity contribution in [3.05, 3.63) is 46.6 Å². The number of thioether (sulfide) groups is 1. The largest absolute Gasteiger partial charge is 0.285 e. The van der Waals surface area contributed by atoms with E-state index >= 15 is 0 Å². The summed E-state index contributed by atoms with van der Waals surface area (Å²) in [6.45, 7) is 5.54. The summed E-state index contributed by atoms with van der Waals surface area (Å²) in [7, 11) is 0. The van der Waals surface area contributed by atoms with Crippen LogP contribution < -0.4 is 0 Å². The predicted molar refractivity (Wildman–Crippen MR) is 95.4 cm³/mol. The number of halogens is 1. The summed E-state index contributed by atoms with van der Waals surface area (Å²) < 4.78 is 0. The molecule has 0 aliphatic carbocycles. The lowest BCUT2D eigenvalue weighted by Crippen LogP contribution is -2.00. The van der Waals surface area contributed by atoms with E-state index in [9.17, 15) is 10.1 Å². The Balaban J connectivity index is 2.42. The van der Waals surface area contributed by atoms with Crippen LogP contribution in [-0.4, -0.2) is 16.0 Å². The van der Waals surface area contributed by atoms with E-state index in [4.69, 9.17) is 11.6 Å². The zero-order valence-corrected chi connectivity index (χ0v) is 15.1. The topological polar surface area (TPSA) is 78.5 Å². The van der Waals surface area contributed by atoms with Crippen molar-refractivity contribution in [2.45, 2.75) is 25.8 Å². The molecular weight excluding hydrogens is 344 g/mol. The minimum absolute atomic E-state index is 0.135. The molecule has 0 amide bonds. The molecule has 0 unspecified atom stereocenters. The third kappa shape index (κ3) is 4.19. The Morgan fingerprint density at radius 3 is 2.50 bits per heavy atom. The Hall–Kier alpha value is -2.23. The number of aryl methyl sites for hydroxylation is 2. The van der Waals surface area contributed by atoms with Gasteiger partial charge in [0.15, 0.2) is 0 Å². The van der Waals surface area contributed by atoms with Crippen molar-refractivity contribution >= 4 is 39.9 Å². The van der Waals surface area contributed by atoms with Gasteiger partial charge >= 0.3 is 0 Å². The van der Waals surface area contributed by atoms with Crippen LogP contribution in [0.4, 0.5) is 11.4 Å². The standard InChI is InChI=1S/C17H15ClN4OS/c1-10-4-6-13(7-5-10)21-22-16-11(2)14(9-19)17(20-12(16)3)24-15(23)8-18/h4-7H,8H2,1-3H3. The van der Waals surface area contributed by atoms with Crippen molar-refractivity contribution in [3.8, 4) is 6.07 Å². The molecule has 1 heterocycles. The van der Waals surface area contributed by atoms with Gasteiger partial charge < -0.3 is 0 Å². The minimum atomic E-state index is -0.256. The highest BCUT2D eigenvalue weighted by molar-refractivity contribution is 8.13.